The first-order valence-corrected chi connectivity index (χ1v) is 5.77. The predicted molar refractivity (Wildman–Crippen MR) is 48.3 cm³/mol. The van der Waals surface area contributed by atoms with Crippen LogP contribution >= 0.6 is 0 Å². The predicted octanol–water partition coefficient (Wildman–Crippen LogP) is 2.23. The molecule has 0 fully saturated rings. The van der Waals surface area contributed by atoms with E-state index in [1.807, 2.05) is 0 Å². The molecule has 74 valence electrons. The van der Waals surface area contributed by atoms with E-state index >= 15 is 0 Å². The third-order valence-electron chi connectivity index (χ3n) is 1.51. The molecule has 0 bridgehead atoms. The van der Waals surface area contributed by atoms with Gasteiger partial charge in [0.05, 0.1) is 13.3 Å². The monoisotopic (exact) mass is 198 g/mol. The molecule has 4 heteroatoms. The van der Waals surface area contributed by atoms with E-state index in [0.717, 1.165) is 0 Å². The van der Waals surface area contributed by atoms with Crippen molar-refractivity contribution in [2.75, 3.05) is 24.9 Å². The minimum atomic E-state index is -0.856. The summed E-state index contributed by atoms with van der Waals surface area (Å²) in [6.07, 6.45) is 2.35. The highest BCUT2D eigenvalue weighted by Crippen LogP contribution is 1.98. The molecule has 0 aromatic rings. The lowest BCUT2D eigenvalue weighted by Crippen LogP contribution is -2.03. The van der Waals surface area contributed by atoms with Crippen molar-refractivity contribution in [2.45, 2.75) is 25.7 Å². The minimum Gasteiger partial charge on any atom is -0.260 e. The van der Waals surface area contributed by atoms with E-state index in [4.69, 9.17) is 0 Å². The molecule has 0 rings (SSSR count). The fourth-order valence-electron chi connectivity index (χ4n) is 0.817. The lowest BCUT2D eigenvalue weighted by Gasteiger charge is -1.99. The number of alkyl halides is 2. The van der Waals surface area contributed by atoms with Crippen molar-refractivity contribution < 1.29 is 13.0 Å². The van der Waals surface area contributed by atoms with Crippen LogP contribution in [0.4, 0.5) is 8.78 Å². The van der Waals surface area contributed by atoms with Gasteiger partial charge in [0.15, 0.2) is 0 Å². The van der Waals surface area contributed by atoms with E-state index in [-0.39, 0.29) is 13.3 Å². The second-order valence-corrected chi connectivity index (χ2v) is 4.34. The number of hydrogen-bond donors (Lipinski definition) is 0. The molecule has 0 aliphatic heterocycles. The topological polar surface area (TPSA) is 17.1 Å². The fourth-order valence-corrected chi connectivity index (χ4v) is 2.07. The molecular weight excluding hydrogens is 182 g/mol. The Balaban J connectivity index is 3.10. The van der Waals surface area contributed by atoms with Crippen molar-refractivity contribution in [2.24, 2.45) is 0 Å². The van der Waals surface area contributed by atoms with Gasteiger partial charge in [-0.15, -0.1) is 0 Å². The van der Waals surface area contributed by atoms with E-state index in [1.54, 1.807) is 0 Å². The van der Waals surface area contributed by atoms with Crippen LogP contribution in [0.15, 0.2) is 0 Å². The maximum absolute atomic E-state index is 11.6. The first kappa shape index (κ1) is 12.0. The molecule has 1 nitrogen and oxygen atoms in total. The van der Waals surface area contributed by atoms with Crippen LogP contribution in [0, 0.1) is 0 Å². The Hall–Kier alpha value is 0.01000. The standard InChI is InChI=1S/C8H16F2OS/c9-5-1-3-7-12(11)8-4-2-6-10/h1-8H2. The molecule has 0 amide bonds. The van der Waals surface area contributed by atoms with Crippen LogP contribution in [0.3, 0.4) is 0 Å². The fraction of sp³-hybridized carbons (Fsp3) is 1.00. The molecule has 0 aromatic heterocycles. The molecule has 0 aliphatic carbocycles. The van der Waals surface area contributed by atoms with Gasteiger partial charge in [-0.3, -0.25) is 13.0 Å². The Morgan fingerprint density at radius 2 is 1.25 bits per heavy atom. The van der Waals surface area contributed by atoms with Crippen molar-refractivity contribution in [3.63, 3.8) is 0 Å². The lowest BCUT2D eigenvalue weighted by molar-refractivity contribution is 0.468. The molecule has 0 saturated carbocycles. The van der Waals surface area contributed by atoms with Crippen LogP contribution in [-0.4, -0.2) is 29.1 Å². The normalized spacial score (nSPS) is 10.9. The van der Waals surface area contributed by atoms with Crippen molar-refractivity contribution in [1.29, 1.82) is 0 Å². The van der Waals surface area contributed by atoms with Gasteiger partial charge < -0.3 is 0 Å². The maximum Gasteiger partial charge on any atom is 0.0894 e. The minimum absolute atomic E-state index is 0.332. The molecule has 0 spiro atoms. The van der Waals surface area contributed by atoms with Crippen molar-refractivity contribution in [3.05, 3.63) is 0 Å². The number of halogens is 2. The molecule has 0 N–H and O–H groups in total. The molecular formula is C8H16F2OS. The molecule has 0 heterocycles. The molecule has 0 aromatic carbocycles. The highest BCUT2D eigenvalue weighted by atomic mass is 32.2. The van der Waals surface area contributed by atoms with Crippen molar-refractivity contribution >= 4 is 10.8 Å². The van der Waals surface area contributed by atoms with Crippen LogP contribution in [0.2, 0.25) is 0 Å². The SMILES string of the molecule is O=S(CCCCF)CCCCF. The molecule has 0 unspecified atom stereocenters. The Bertz CT molecular complexity index is 108. The second kappa shape index (κ2) is 9.10. The first-order chi connectivity index (χ1) is 5.81. The zero-order chi connectivity index (χ0) is 9.23. The average Bonchev–Trinajstić information content (AvgIpc) is 2.06. The quantitative estimate of drug-likeness (QED) is 0.547. The highest BCUT2D eigenvalue weighted by Gasteiger charge is 1.98. The maximum atomic E-state index is 11.6. The third kappa shape index (κ3) is 8.11. The highest BCUT2D eigenvalue weighted by molar-refractivity contribution is 7.84. The van der Waals surface area contributed by atoms with Gasteiger partial charge in [0, 0.05) is 22.3 Å². The summed E-state index contributed by atoms with van der Waals surface area (Å²) >= 11 is 0. The summed E-state index contributed by atoms with van der Waals surface area (Å²) in [4.78, 5) is 0. The number of hydrogen-bond acceptors (Lipinski definition) is 1. The first-order valence-electron chi connectivity index (χ1n) is 4.28. The largest absolute Gasteiger partial charge is 0.260 e. The van der Waals surface area contributed by atoms with Crippen LogP contribution in [-0.2, 0) is 10.8 Å². The van der Waals surface area contributed by atoms with Gasteiger partial charge >= 0.3 is 0 Å². The van der Waals surface area contributed by atoms with Crippen molar-refractivity contribution in [1.82, 2.24) is 0 Å². The van der Waals surface area contributed by atoms with Gasteiger partial charge in [-0.25, -0.2) is 0 Å². The molecule has 0 atom stereocenters. The van der Waals surface area contributed by atoms with Gasteiger partial charge in [-0.1, -0.05) is 0 Å². The summed E-state index contributed by atoms with van der Waals surface area (Å²) in [6.45, 7) is -0.663. The van der Waals surface area contributed by atoms with Crippen molar-refractivity contribution in [3.8, 4) is 0 Å². The van der Waals surface area contributed by atoms with E-state index in [0.29, 0.717) is 37.2 Å². The molecule has 12 heavy (non-hydrogen) atoms. The zero-order valence-corrected chi connectivity index (χ0v) is 8.05. The average molecular weight is 198 g/mol. The Kier molecular flexibility index (Phi) is 9.11. The summed E-state index contributed by atoms with van der Waals surface area (Å²) in [6, 6.07) is 0. The van der Waals surface area contributed by atoms with Gasteiger partial charge in [0.25, 0.3) is 0 Å². The van der Waals surface area contributed by atoms with E-state index in [9.17, 15) is 13.0 Å². The summed E-state index contributed by atoms with van der Waals surface area (Å²) in [5, 5.41) is 0. The summed E-state index contributed by atoms with van der Waals surface area (Å²) in [5.74, 6) is 1.13. The molecule has 0 radical (unpaired) electrons. The zero-order valence-electron chi connectivity index (χ0n) is 7.23. The van der Waals surface area contributed by atoms with Gasteiger partial charge in [-0.2, -0.15) is 0 Å². The smallest absolute Gasteiger partial charge is 0.0894 e. The Morgan fingerprint density at radius 3 is 1.58 bits per heavy atom. The summed E-state index contributed by atoms with van der Waals surface area (Å²) in [5.41, 5.74) is 0. The van der Waals surface area contributed by atoms with Crippen LogP contribution in [0.5, 0.6) is 0 Å². The Labute approximate surface area is 75.0 Å². The summed E-state index contributed by atoms with van der Waals surface area (Å²) in [7, 11) is -0.856. The van der Waals surface area contributed by atoms with Crippen LogP contribution in [0.25, 0.3) is 0 Å². The molecule has 0 aliphatic rings. The van der Waals surface area contributed by atoms with Crippen LogP contribution < -0.4 is 0 Å². The third-order valence-corrected chi connectivity index (χ3v) is 3.00. The van der Waals surface area contributed by atoms with E-state index in [1.165, 1.54) is 0 Å². The lowest BCUT2D eigenvalue weighted by atomic mass is 10.4. The van der Waals surface area contributed by atoms with Gasteiger partial charge in [-0.05, 0) is 25.7 Å². The van der Waals surface area contributed by atoms with Gasteiger partial charge in [0.1, 0.15) is 0 Å². The number of unbranched alkanes of at least 4 members (excludes halogenated alkanes) is 2. The number of rotatable bonds is 8. The molecule has 0 saturated heterocycles. The second-order valence-electron chi connectivity index (χ2n) is 2.64. The van der Waals surface area contributed by atoms with E-state index < -0.39 is 10.8 Å². The summed E-state index contributed by atoms with van der Waals surface area (Å²) < 4.78 is 34.3. The Morgan fingerprint density at radius 1 is 0.833 bits per heavy atom. The van der Waals surface area contributed by atoms with Crippen LogP contribution in [0.1, 0.15) is 25.7 Å². The van der Waals surface area contributed by atoms with E-state index in [2.05, 4.69) is 0 Å². The van der Waals surface area contributed by atoms with Gasteiger partial charge in [0.2, 0.25) is 0 Å².